The van der Waals surface area contributed by atoms with Gasteiger partial charge in [-0.1, -0.05) is 24.3 Å². The molecule has 0 atom stereocenters. The highest BCUT2D eigenvalue weighted by Crippen LogP contribution is 2.27. The van der Waals surface area contributed by atoms with Crippen LogP contribution < -0.4 is 20.5 Å². The van der Waals surface area contributed by atoms with Crippen molar-refractivity contribution in [3.8, 4) is 11.5 Å². The first kappa shape index (κ1) is 20.9. The van der Waals surface area contributed by atoms with Gasteiger partial charge in [-0.3, -0.25) is 0 Å². The number of aromatic amines is 1. The summed E-state index contributed by atoms with van der Waals surface area (Å²) in [6.07, 6.45) is 2.92. The third-order valence-electron chi connectivity index (χ3n) is 4.26. The van der Waals surface area contributed by atoms with Crippen LogP contribution in [0.1, 0.15) is 11.1 Å². The minimum absolute atomic E-state index is 0. The average molecular weight is 480 g/mol. The number of hydrogen-bond acceptors (Lipinski definition) is 3. The van der Waals surface area contributed by atoms with E-state index < -0.39 is 0 Å². The zero-order valence-corrected chi connectivity index (χ0v) is 17.8. The SMILES string of the molecule is COc1ccc(CN=C(N)NCCc2c[nH]c3ccccc23)cc1OC.I. The molecule has 0 radical (unpaired) electrons. The molecule has 3 aromatic rings. The van der Waals surface area contributed by atoms with Crippen LogP contribution in [0.3, 0.4) is 0 Å². The van der Waals surface area contributed by atoms with E-state index in [1.807, 2.05) is 36.5 Å². The largest absolute Gasteiger partial charge is 0.493 e. The van der Waals surface area contributed by atoms with Crippen molar-refractivity contribution in [2.75, 3.05) is 20.8 Å². The summed E-state index contributed by atoms with van der Waals surface area (Å²) >= 11 is 0. The van der Waals surface area contributed by atoms with E-state index in [1.54, 1.807) is 14.2 Å². The fourth-order valence-corrected chi connectivity index (χ4v) is 2.88. The number of aliphatic imine (C=N–C) groups is 1. The van der Waals surface area contributed by atoms with Crippen LogP contribution in [-0.2, 0) is 13.0 Å². The van der Waals surface area contributed by atoms with Crippen molar-refractivity contribution in [2.45, 2.75) is 13.0 Å². The van der Waals surface area contributed by atoms with Crippen molar-refractivity contribution in [2.24, 2.45) is 10.7 Å². The van der Waals surface area contributed by atoms with Crippen LogP contribution in [0.25, 0.3) is 10.9 Å². The second kappa shape index (κ2) is 10.1. The molecule has 0 unspecified atom stereocenters. The normalized spacial score (nSPS) is 11.1. The summed E-state index contributed by atoms with van der Waals surface area (Å²) in [6, 6.07) is 14.0. The maximum absolute atomic E-state index is 5.98. The van der Waals surface area contributed by atoms with Gasteiger partial charge in [0.25, 0.3) is 0 Å². The van der Waals surface area contributed by atoms with Gasteiger partial charge in [0, 0.05) is 23.6 Å². The van der Waals surface area contributed by atoms with Crippen molar-refractivity contribution >= 4 is 40.8 Å². The summed E-state index contributed by atoms with van der Waals surface area (Å²) in [5, 5.41) is 4.41. The van der Waals surface area contributed by atoms with Crippen molar-refractivity contribution in [1.82, 2.24) is 10.3 Å². The number of halogens is 1. The lowest BCUT2D eigenvalue weighted by atomic mass is 10.1. The Bertz CT molecular complexity index is 908. The lowest BCUT2D eigenvalue weighted by molar-refractivity contribution is 0.354. The minimum atomic E-state index is 0. The zero-order chi connectivity index (χ0) is 18.4. The second-order valence-electron chi connectivity index (χ2n) is 5.93. The maximum Gasteiger partial charge on any atom is 0.188 e. The predicted molar refractivity (Wildman–Crippen MR) is 120 cm³/mol. The molecule has 4 N–H and O–H groups in total. The molecule has 1 aromatic heterocycles. The van der Waals surface area contributed by atoms with Gasteiger partial charge in [0.2, 0.25) is 0 Å². The van der Waals surface area contributed by atoms with E-state index in [4.69, 9.17) is 15.2 Å². The third kappa shape index (κ3) is 5.29. The number of ether oxygens (including phenoxy) is 2. The van der Waals surface area contributed by atoms with Gasteiger partial charge in [0.05, 0.1) is 20.8 Å². The molecule has 144 valence electrons. The van der Waals surface area contributed by atoms with Gasteiger partial charge in [0.1, 0.15) is 0 Å². The Kier molecular flexibility index (Phi) is 7.78. The Hall–Kier alpha value is -2.42. The molecule has 0 aliphatic carbocycles. The molecule has 27 heavy (non-hydrogen) atoms. The smallest absolute Gasteiger partial charge is 0.188 e. The number of guanidine groups is 1. The molecule has 0 aliphatic heterocycles. The van der Waals surface area contributed by atoms with E-state index >= 15 is 0 Å². The number of rotatable bonds is 7. The van der Waals surface area contributed by atoms with Gasteiger partial charge in [-0.2, -0.15) is 0 Å². The lowest BCUT2D eigenvalue weighted by Crippen LogP contribution is -2.33. The van der Waals surface area contributed by atoms with Gasteiger partial charge in [-0.05, 0) is 35.7 Å². The number of hydrogen-bond donors (Lipinski definition) is 3. The molecular weight excluding hydrogens is 455 g/mol. The molecule has 3 rings (SSSR count). The molecule has 0 amide bonds. The quantitative estimate of drug-likeness (QED) is 0.275. The Balaban J connectivity index is 0.00000261. The standard InChI is InChI=1S/C20H24N4O2.HI/c1-25-18-8-7-14(11-19(18)26-2)12-24-20(21)22-10-9-15-13-23-17-6-4-3-5-16(15)17;/h3-8,11,13,23H,9-10,12H2,1-2H3,(H3,21,22,24);1H. The van der Waals surface area contributed by atoms with E-state index in [0.29, 0.717) is 24.0 Å². The summed E-state index contributed by atoms with van der Waals surface area (Å²) in [5.41, 5.74) is 9.39. The third-order valence-corrected chi connectivity index (χ3v) is 4.26. The van der Waals surface area contributed by atoms with Crippen molar-refractivity contribution < 1.29 is 9.47 Å². The Morgan fingerprint density at radius 2 is 1.89 bits per heavy atom. The zero-order valence-electron chi connectivity index (χ0n) is 15.5. The summed E-state index contributed by atoms with van der Waals surface area (Å²) < 4.78 is 10.5. The van der Waals surface area contributed by atoms with Crippen LogP contribution in [-0.4, -0.2) is 31.7 Å². The molecule has 0 bridgehead atoms. The monoisotopic (exact) mass is 480 g/mol. The number of nitrogens with one attached hydrogen (secondary N) is 2. The van der Waals surface area contributed by atoms with Crippen LogP contribution >= 0.6 is 24.0 Å². The molecule has 6 nitrogen and oxygen atoms in total. The Morgan fingerprint density at radius 1 is 1.11 bits per heavy atom. The van der Waals surface area contributed by atoms with E-state index in [1.165, 1.54) is 10.9 Å². The molecule has 0 fully saturated rings. The second-order valence-corrected chi connectivity index (χ2v) is 5.93. The number of para-hydroxylation sites is 1. The summed E-state index contributed by atoms with van der Waals surface area (Å²) in [4.78, 5) is 7.67. The highest BCUT2D eigenvalue weighted by molar-refractivity contribution is 14.0. The number of nitrogens with two attached hydrogens (primary N) is 1. The lowest BCUT2D eigenvalue weighted by Gasteiger charge is -2.09. The average Bonchev–Trinajstić information content (AvgIpc) is 3.09. The summed E-state index contributed by atoms with van der Waals surface area (Å²) in [7, 11) is 3.23. The van der Waals surface area contributed by atoms with Gasteiger partial charge in [0.15, 0.2) is 17.5 Å². The van der Waals surface area contributed by atoms with Crippen LogP contribution in [0.5, 0.6) is 11.5 Å². The van der Waals surface area contributed by atoms with Crippen LogP contribution in [0.2, 0.25) is 0 Å². The van der Waals surface area contributed by atoms with E-state index in [2.05, 4.69) is 27.4 Å². The molecule has 2 aromatic carbocycles. The molecule has 0 spiro atoms. The number of nitrogens with zero attached hydrogens (tertiary/aromatic N) is 1. The molecule has 1 heterocycles. The van der Waals surface area contributed by atoms with Gasteiger partial charge < -0.3 is 25.5 Å². The van der Waals surface area contributed by atoms with E-state index in [-0.39, 0.29) is 24.0 Å². The Morgan fingerprint density at radius 3 is 2.67 bits per heavy atom. The fourth-order valence-electron chi connectivity index (χ4n) is 2.88. The van der Waals surface area contributed by atoms with Crippen LogP contribution in [0.4, 0.5) is 0 Å². The van der Waals surface area contributed by atoms with Gasteiger partial charge >= 0.3 is 0 Å². The molecule has 7 heteroatoms. The number of aromatic nitrogens is 1. The molecule has 0 saturated carbocycles. The van der Waals surface area contributed by atoms with Crippen LogP contribution in [0, 0.1) is 0 Å². The van der Waals surface area contributed by atoms with Crippen molar-refractivity contribution in [3.05, 3.63) is 59.8 Å². The summed E-state index contributed by atoms with van der Waals surface area (Å²) in [5.74, 6) is 1.82. The molecule has 0 saturated heterocycles. The van der Waals surface area contributed by atoms with Gasteiger partial charge in [-0.25, -0.2) is 4.99 Å². The maximum atomic E-state index is 5.98. The first-order valence-corrected chi connectivity index (χ1v) is 8.51. The minimum Gasteiger partial charge on any atom is -0.493 e. The fraction of sp³-hybridized carbons (Fsp3) is 0.250. The highest BCUT2D eigenvalue weighted by atomic mass is 127. The van der Waals surface area contributed by atoms with Gasteiger partial charge in [-0.15, -0.1) is 24.0 Å². The summed E-state index contributed by atoms with van der Waals surface area (Å²) in [6.45, 7) is 1.20. The molecular formula is C20H25IN4O2. The molecule has 0 aliphatic rings. The predicted octanol–water partition coefficient (Wildman–Crippen LogP) is 3.45. The van der Waals surface area contributed by atoms with Crippen molar-refractivity contribution in [1.29, 1.82) is 0 Å². The van der Waals surface area contributed by atoms with E-state index in [9.17, 15) is 0 Å². The van der Waals surface area contributed by atoms with Crippen LogP contribution in [0.15, 0.2) is 53.7 Å². The number of H-pyrrole nitrogens is 1. The van der Waals surface area contributed by atoms with E-state index in [0.717, 1.165) is 24.0 Å². The Labute approximate surface area is 176 Å². The number of benzene rings is 2. The first-order valence-electron chi connectivity index (χ1n) is 8.51. The number of fused-ring (bicyclic) bond motifs is 1. The topological polar surface area (TPSA) is 84.7 Å². The first-order chi connectivity index (χ1) is 12.7. The van der Waals surface area contributed by atoms with Crippen molar-refractivity contribution in [3.63, 3.8) is 0 Å². The number of methoxy groups -OCH3 is 2. The highest BCUT2D eigenvalue weighted by Gasteiger charge is 2.05.